The van der Waals surface area contributed by atoms with Crippen LogP contribution >= 0.6 is 0 Å². The normalized spacial score (nSPS) is 18.5. The van der Waals surface area contributed by atoms with Crippen LogP contribution in [0.3, 0.4) is 0 Å². The van der Waals surface area contributed by atoms with Crippen LogP contribution in [0.4, 0.5) is 5.69 Å². The molecule has 1 saturated heterocycles. The topological polar surface area (TPSA) is 59.2 Å². The minimum absolute atomic E-state index is 0.00990. The molecule has 1 fully saturated rings. The third-order valence-electron chi connectivity index (χ3n) is 3.98. The molecule has 5 heteroatoms. The summed E-state index contributed by atoms with van der Waals surface area (Å²) in [5.74, 6) is 1.38. The van der Waals surface area contributed by atoms with Gasteiger partial charge in [0.15, 0.2) is 5.82 Å². The quantitative estimate of drug-likeness (QED) is 0.870. The highest BCUT2D eigenvalue weighted by atomic mass is 16.5. The fourth-order valence-electron chi connectivity index (χ4n) is 2.90. The number of aryl methyl sites for hydroxylation is 3. The fourth-order valence-corrected chi connectivity index (χ4v) is 2.90. The lowest BCUT2D eigenvalue weighted by atomic mass is 10.1. The Kier molecular flexibility index (Phi) is 3.49. The molecule has 1 aliphatic heterocycles. The Morgan fingerprint density at radius 2 is 2.05 bits per heavy atom. The van der Waals surface area contributed by atoms with Gasteiger partial charge in [-0.25, -0.2) is 0 Å². The Bertz CT molecular complexity index is 658. The average Bonchev–Trinajstić information content (AvgIpc) is 3.06. The second kappa shape index (κ2) is 5.31. The second-order valence-electron chi connectivity index (χ2n) is 5.55. The number of nitrogens with zero attached hydrogens (tertiary/aromatic N) is 3. The molecule has 1 amide bonds. The maximum atomic E-state index is 12.4. The third kappa shape index (κ3) is 2.44. The maximum Gasteiger partial charge on any atom is 0.232 e. The van der Waals surface area contributed by atoms with Crippen LogP contribution in [0.2, 0.25) is 0 Å². The van der Waals surface area contributed by atoms with E-state index in [9.17, 15) is 4.79 Å². The van der Waals surface area contributed by atoms with Crippen LogP contribution in [-0.2, 0) is 11.2 Å². The predicted octanol–water partition coefficient (Wildman–Crippen LogP) is 2.77. The summed E-state index contributed by atoms with van der Waals surface area (Å²) in [6.07, 6.45) is 1.17. The third-order valence-corrected chi connectivity index (χ3v) is 3.98. The van der Waals surface area contributed by atoms with E-state index >= 15 is 0 Å². The highest BCUT2D eigenvalue weighted by Crippen LogP contribution is 2.34. The van der Waals surface area contributed by atoms with Gasteiger partial charge in [-0.2, -0.15) is 4.98 Å². The molecule has 1 aromatic carbocycles. The van der Waals surface area contributed by atoms with E-state index < -0.39 is 0 Å². The van der Waals surface area contributed by atoms with Crippen LogP contribution in [0, 0.1) is 13.8 Å². The molecule has 2 aromatic rings. The lowest BCUT2D eigenvalue weighted by molar-refractivity contribution is -0.117. The van der Waals surface area contributed by atoms with Gasteiger partial charge in [0.25, 0.3) is 0 Å². The van der Waals surface area contributed by atoms with Gasteiger partial charge in [0.2, 0.25) is 11.8 Å². The first-order valence-corrected chi connectivity index (χ1v) is 7.29. The van der Waals surface area contributed by atoms with Gasteiger partial charge in [-0.15, -0.1) is 0 Å². The predicted molar refractivity (Wildman–Crippen MR) is 79.3 cm³/mol. The maximum absolute atomic E-state index is 12.4. The first-order valence-electron chi connectivity index (χ1n) is 7.29. The van der Waals surface area contributed by atoms with Crippen molar-refractivity contribution in [1.29, 1.82) is 0 Å². The number of anilines is 1. The smallest absolute Gasteiger partial charge is 0.232 e. The Balaban J connectivity index is 1.88. The van der Waals surface area contributed by atoms with Crippen molar-refractivity contribution in [3.63, 3.8) is 0 Å². The summed E-state index contributed by atoms with van der Waals surface area (Å²) < 4.78 is 5.29. The molecule has 21 heavy (non-hydrogen) atoms. The molecule has 1 unspecified atom stereocenters. The first-order chi connectivity index (χ1) is 10.1. The summed E-state index contributed by atoms with van der Waals surface area (Å²) >= 11 is 0. The van der Waals surface area contributed by atoms with Crippen LogP contribution in [-0.4, -0.2) is 22.6 Å². The largest absolute Gasteiger partial charge is 0.339 e. The standard InChI is InChI=1S/C16H19N3O2/c1-4-13-17-16(21-18-13)12-8-14(20)19(9-12)15-10(2)6-5-7-11(15)3/h5-7,12H,4,8-9H2,1-3H3. The van der Waals surface area contributed by atoms with Crippen molar-refractivity contribution in [2.45, 2.75) is 39.5 Å². The zero-order valence-corrected chi connectivity index (χ0v) is 12.6. The van der Waals surface area contributed by atoms with E-state index in [2.05, 4.69) is 10.1 Å². The van der Waals surface area contributed by atoms with Gasteiger partial charge in [0.05, 0.1) is 5.92 Å². The van der Waals surface area contributed by atoms with Gasteiger partial charge in [0, 0.05) is 25.1 Å². The van der Waals surface area contributed by atoms with Crippen LogP contribution in [0.15, 0.2) is 22.7 Å². The van der Waals surface area contributed by atoms with Crippen LogP contribution in [0.25, 0.3) is 0 Å². The van der Waals surface area contributed by atoms with Crippen molar-refractivity contribution in [2.24, 2.45) is 0 Å². The molecule has 1 aromatic heterocycles. The summed E-state index contributed by atoms with van der Waals surface area (Å²) in [6, 6.07) is 6.08. The lowest BCUT2D eigenvalue weighted by Gasteiger charge is -2.21. The first kappa shape index (κ1) is 13.8. The molecule has 110 valence electrons. The summed E-state index contributed by atoms with van der Waals surface area (Å²) in [7, 11) is 0. The van der Waals surface area contributed by atoms with E-state index in [4.69, 9.17) is 4.52 Å². The van der Waals surface area contributed by atoms with Gasteiger partial charge in [-0.1, -0.05) is 30.3 Å². The van der Waals surface area contributed by atoms with Gasteiger partial charge >= 0.3 is 0 Å². The number of amides is 1. The molecule has 0 radical (unpaired) electrons. The van der Waals surface area contributed by atoms with Crippen molar-refractivity contribution in [2.75, 3.05) is 11.4 Å². The molecule has 1 aliphatic rings. The van der Waals surface area contributed by atoms with Crippen molar-refractivity contribution in [3.8, 4) is 0 Å². The number of para-hydroxylation sites is 1. The zero-order chi connectivity index (χ0) is 15.0. The van der Waals surface area contributed by atoms with Gasteiger partial charge in [0.1, 0.15) is 0 Å². The Morgan fingerprint density at radius 3 is 2.67 bits per heavy atom. The highest BCUT2D eigenvalue weighted by molar-refractivity contribution is 5.97. The van der Waals surface area contributed by atoms with Crippen molar-refractivity contribution in [3.05, 3.63) is 41.0 Å². The number of benzene rings is 1. The Labute approximate surface area is 124 Å². The van der Waals surface area contributed by atoms with E-state index in [1.54, 1.807) is 0 Å². The lowest BCUT2D eigenvalue weighted by Crippen LogP contribution is -2.26. The molecule has 0 N–H and O–H groups in total. The van der Waals surface area contributed by atoms with E-state index in [-0.39, 0.29) is 11.8 Å². The van der Waals surface area contributed by atoms with Gasteiger partial charge < -0.3 is 9.42 Å². The summed E-state index contributed by atoms with van der Waals surface area (Å²) in [5.41, 5.74) is 3.24. The summed E-state index contributed by atoms with van der Waals surface area (Å²) in [6.45, 7) is 6.66. The highest BCUT2D eigenvalue weighted by Gasteiger charge is 2.36. The monoisotopic (exact) mass is 285 g/mol. The number of rotatable bonds is 3. The number of carbonyl (C=O) groups is 1. The van der Waals surface area contributed by atoms with Gasteiger partial charge in [-0.3, -0.25) is 4.79 Å². The van der Waals surface area contributed by atoms with Gasteiger partial charge in [-0.05, 0) is 25.0 Å². The van der Waals surface area contributed by atoms with Crippen LogP contribution in [0.1, 0.15) is 42.1 Å². The molecule has 2 heterocycles. The zero-order valence-electron chi connectivity index (χ0n) is 12.6. The van der Waals surface area contributed by atoms with Crippen molar-refractivity contribution >= 4 is 11.6 Å². The molecule has 0 saturated carbocycles. The molecule has 1 atom stereocenters. The number of aromatic nitrogens is 2. The van der Waals surface area contributed by atoms with Crippen molar-refractivity contribution in [1.82, 2.24) is 10.1 Å². The number of hydrogen-bond acceptors (Lipinski definition) is 4. The molecule has 0 spiro atoms. The molecule has 3 rings (SSSR count). The fraction of sp³-hybridized carbons (Fsp3) is 0.438. The van der Waals surface area contributed by atoms with Crippen molar-refractivity contribution < 1.29 is 9.32 Å². The van der Waals surface area contributed by atoms with E-state index in [1.165, 1.54) is 0 Å². The molecule has 5 nitrogen and oxygen atoms in total. The minimum Gasteiger partial charge on any atom is -0.339 e. The van der Waals surface area contributed by atoms with Crippen LogP contribution in [0.5, 0.6) is 0 Å². The molecular formula is C16H19N3O2. The van der Waals surface area contributed by atoms with E-state index in [1.807, 2.05) is 43.9 Å². The number of hydrogen-bond donors (Lipinski definition) is 0. The summed E-state index contributed by atoms with van der Waals surface area (Å²) in [4.78, 5) is 18.6. The summed E-state index contributed by atoms with van der Waals surface area (Å²) in [5, 5.41) is 3.92. The van der Waals surface area contributed by atoms with E-state index in [0.717, 1.165) is 23.2 Å². The minimum atomic E-state index is -0.00990. The molecule has 0 bridgehead atoms. The number of carbonyl (C=O) groups excluding carboxylic acids is 1. The Morgan fingerprint density at radius 1 is 1.33 bits per heavy atom. The van der Waals surface area contributed by atoms with E-state index in [0.29, 0.717) is 24.7 Å². The van der Waals surface area contributed by atoms with Crippen LogP contribution < -0.4 is 4.90 Å². The average molecular weight is 285 g/mol. The second-order valence-corrected chi connectivity index (χ2v) is 5.55. The SMILES string of the molecule is CCc1noc(C2CC(=O)N(c3c(C)cccc3C)C2)n1. The molecular weight excluding hydrogens is 266 g/mol. The molecule has 0 aliphatic carbocycles. The Hall–Kier alpha value is -2.17.